The molecule has 0 aliphatic carbocycles. The Kier molecular flexibility index (Phi) is 5.70. The van der Waals surface area contributed by atoms with E-state index in [0.717, 1.165) is 5.56 Å². The highest BCUT2D eigenvalue weighted by atomic mass is 16.5. The predicted octanol–water partition coefficient (Wildman–Crippen LogP) is 5.35. The molecule has 0 aliphatic rings. The third-order valence-corrected chi connectivity index (χ3v) is 5.33. The van der Waals surface area contributed by atoms with Crippen molar-refractivity contribution in [1.82, 2.24) is 0 Å². The molecule has 33 heavy (non-hydrogen) atoms. The molecule has 166 valence electrons. The average molecular weight is 444 g/mol. The van der Waals surface area contributed by atoms with E-state index >= 15 is 0 Å². The molecule has 0 saturated heterocycles. The van der Waals surface area contributed by atoms with Crippen LogP contribution in [0.25, 0.3) is 33.4 Å². The zero-order valence-electron chi connectivity index (χ0n) is 18.2. The number of fused-ring (bicyclic) bond motifs is 1. The number of carboxylic acid groups (broad SMARTS) is 1. The molecule has 4 aromatic rings. The highest BCUT2D eigenvalue weighted by Gasteiger charge is 2.24. The summed E-state index contributed by atoms with van der Waals surface area (Å²) in [6.07, 6.45) is 0. The van der Waals surface area contributed by atoms with Crippen LogP contribution in [0, 0.1) is 6.92 Å². The molecule has 0 unspecified atom stereocenters. The molecule has 0 bridgehead atoms. The molecule has 0 saturated carbocycles. The lowest BCUT2D eigenvalue weighted by Gasteiger charge is -2.08. The van der Waals surface area contributed by atoms with E-state index in [0.29, 0.717) is 44.5 Å². The average Bonchev–Trinajstić information content (AvgIpc) is 3.21. The van der Waals surface area contributed by atoms with Gasteiger partial charge in [-0.15, -0.1) is 0 Å². The lowest BCUT2D eigenvalue weighted by molar-refractivity contribution is 0.0592. The molecule has 0 atom stereocenters. The largest absolute Gasteiger partial charge is 0.478 e. The second-order valence-corrected chi connectivity index (χ2v) is 7.43. The van der Waals surface area contributed by atoms with E-state index in [9.17, 15) is 19.5 Å². The SMILES string of the molecule is COC(=O)c1ccc(-c2oc3cc(C)cc(C(=O)O)c3c2-c2ccc(C(=O)OC)cc2)cc1. The van der Waals surface area contributed by atoms with E-state index in [4.69, 9.17) is 13.9 Å². The molecule has 1 N–H and O–H groups in total. The smallest absolute Gasteiger partial charge is 0.337 e. The highest BCUT2D eigenvalue weighted by molar-refractivity contribution is 6.12. The van der Waals surface area contributed by atoms with Crippen molar-refractivity contribution in [3.05, 3.63) is 82.9 Å². The summed E-state index contributed by atoms with van der Waals surface area (Å²) >= 11 is 0. The second-order valence-electron chi connectivity index (χ2n) is 7.43. The predicted molar refractivity (Wildman–Crippen MR) is 121 cm³/mol. The minimum atomic E-state index is -1.08. The zero-order valence-corrected chi connectivity index (χ0v) is 18.2. The van der Waals surface area contributed by atoms with Crippen LogP contribution in [0.5, 0.6) is 0 Å². The number of hydrogen-bond donors (Lipinski definition) is 1. The van der Waals surface area contributed by atoms with Crippen LogP contribution in [0.4, 0.5) is 0 Å². The van der Waals surface area contributed by atoms with Crippen molar-refractivity contribution in [2.75, 3.05) is 14.2 Å². The van der Waals surface area contributed by atoms with Gasteiger partial charge in [0.25, 0.3) is 0 Å². The third kappa shape index (κ3) is 3.96. The number of aromatic carboxylic acids is 1. The molecule has 0 amide bonds. The van der Waals surface area contributed by atoms with Crippen LogP contribution in [-0.2, 0) is 9.47 Å². The molecule has 7 heteroatoms. The number of carboxylic acids is 1. The molecule has 3 aromatic carbocycles. The summed E-state index contributed by atoms with van der Waals surface area (Å²) in [5.41, 5.74) is 3.92. The Morgan fingerprint density at radius 2 is 1.30 bits per heavy atom. The lowest BCUT2D eigenvalue weighted by Crippen LogP contribution is -2.01. The van der Waals surface area contributed by atoms with Crippen LogP contribution in [-0.4, -0.2) is 37.2 Å². The van der Waals surface area contributed by atoms with Gasteiger partial charge < -0.3 is 19.0 Å². The Hall–Kier alpha value is -4.39. The summed E-state index contributed by atoms with van der Waals surface area (Å²) in [6, 6.07) is 16.7. The van der Waals surface area contributed by atoms with Crippen molar-refractivity contribution in [1.29, 1.82) is 0 Å². The van der Waals surface area contributed by atoms with E-state index in [1.54, 1.807) is 67.6 Å². The fourth-order valence-electron chi connectivity index (χ4n) is 3.78. The first-order valence-electron chi connectivity index (χ1n) is 10.0. The number of methoxy groups -OCH3 is 2. The highest BCUT2D eigenvalue weighted by Crippen LogP contribution is 2.43. The molecule has 7 nitrogen and oxygen atoms in total. The summed E-state index contributed by atoms with van der Waals surface area (Å²) in [5.74, 6) is -1.57. The molecule has 0 radical (unpaired) electrons. The number of carbonyl (C=O) groups excluding carboxylic acids is 2. The maximum Gasteiger partial charge on any atom is 0.337 e. The number of aryl methyl sites for hydroxylation is 1. The van der Waals surface area contributed by atoms with E-state index in [2.05, 4.69) is 0 Å². The van der Waals surface area contributed by atoms with E-state index < -0.39 is 17.9 Å². The molecule has 0 spiro atoms. The van der Waals surface area contributed by atoms with Gasteiger partial charge in [-0.2, -0.15) is 0 Å². The minimum absolute atomic E-state index is 0.109. The van der Waals surface area contributed by atoms with Gasteiger partial charge in [0, 0.05) is 16.5 Å². The van der Waals surface area contributed by atoms with Crippen LogP contribution in [0.1, 0.15) is 36.6 Å². The number of rotatable bonds is 5. The Bertz CT molecular complexity index is 1380. The van der Waals surface area contributed by atoms with Crippen molar-refractivity contribution in [2.24, 2.45) is 0 Å². The Morgan fingerprint density at radius 3 is 1.79 bits per heavy atom. The summed E-state index contributed by atoms with van der Waals surface area (Å²) in [5, 5.41) is 10.3. The van der Waals surface area contributed by atoms with Crippen LogP contribution < -0.4 is 0 Å². The number of carbonyl (C=O) groups is 3. The summed E-state index contributed by atoms with van der Waals surface area (Å²) in [6.45, 7) is 1.80. The third-order valence-electron chi connectivity index (χ3n) is 5.33. The van der Waals surface area contributed by atoms with Gasteiger partial charge in [0.15, 0.2) is 0 Å². The molecule has 4 rings (SSSR count). The topological polar surface area (TPSA) is 103 Å². The van der Waals surface area contributed by atoms with Crippen molar-refractivity contribution in [2.45, 2.75) is 6.92 Å². The molecule has 0 aliphatic heterocycles. The number of benzene rings is 3. The first-order valence-corrected chi connectivity index (χ1v) is 10.0. The second kappa shape index (κ2) is 8.63. The number of esters is 2. The van der Waals surface area contributed by atoms with Gasteiger partial charge in [-0.05, 0) is 54.4 Å². The van der Waals surface area contributed by atoms with Crippen molar-refractivity contribution >= 4 is 28.9 Å². The quantitative estimate of drug-likeness (QED) is 0.414. The van der Waals surface area contributed by atoms with Gasteiger partial charge in [0.1, 0.15) is 11.3 Å². The monoisotopic (exact) mass is 444 g/mol. The lowest BCUT2D eigenvalue weighted by atomic mass is 9.94. The Morgan fingerprint density at radius 1 is 0.788 bits per heavy atom. The summed E-state index contributed by atoms with van der Waals surface area (Å²) < 4.78 is 15.7. The standard InChI is InChI=1S/C26H20O7/c1-14-12-19(24(27)28)22-20(13-14)33-23(16-6-10-18(11-7-16)26(30)32-3)21(22)15-4-8-17(9-5-15)25(29)31-2/h4-13H,1-3H3,(H,27,28). The van der Waals surface area contributed by atoms with Gasteiger partial charge >= 0.3 is 17.9 Å². The summed E-state index contributed by atoms with van der Waals surface area (Å²) in [4.78, 5) is 35.7. The first kappa shape index (κ1) is 21.8. The Labute approximate surface area is 189 Å². The molecular weight excluding hydrogens is 424 g/mol. The fourth-order valence-corrected chi connectivity index (χ4v) is 3.78. The van der Waals surface area contributed by atoms with Crippen LogP contribution in [0.2, 0.25) is 0 Å². The van der Waals surface area contributed by atoms with Crippen LogP contribution in [0.15, 0.2) is 65.1 Å². The van der Waals surface area contributed by atoms with Crippen LogP contribution >= 0.6 is 0 Å². The van der Waals surface area contributed by atoms with Gasteiger partial charge in [-0.3, -0.25) is 0 Å². The van der Waals surface area contributed by atoms with E-state index in [1.165, 1.54) is 14.2 Å². The fraction of sp³-hybridized carbons (Fsp3) is 0.115. The number of hydrogen-bond acceptors (Lipinski definition) is 6. The molecule has 1 aromatic heterocycles. The van der Waals surface area contributed by atoms with Gasteiger partial charge in [-0.1, -0.05) is 24.3 Å². The first-order chi connectivity index (χ1) is 15.8. The maximum absolute atomic E-state index is 12.1. The van der Waals surface area contributed by atoms with Crippen LogP contribution in [0.3, 0.4) is 0 Å². The minimum Gasteiger partial charge on any atom is -0.478 e. The number of ether oxygens (including phenoxy) is 2. The number of furan rings is 1. The molecule has 1 heterocycles. The van der Waals surface area contributed by atoms with Gasteiger partial charge in [0.2, 0.25) is 0 Å². The maximum atomic E-state index is 12.1. The van der Waals surface area contributed by atoms with Crippen molar-refractivity contribution in [3.8, 4) is 22.5 Å². The zero-order chi connectivity index (χ0) is 23.7. The molecule has 0 fully saturated rings. The van der Waals surface area contributed by atoms with Crippen molar-refractivity contribution in [3.63, 3.8) is 0 Å². The van der Waals surface area contributed by atoms with E-state index in [1.807, 2.05) is 0 Å². The Balaban J connectivity index is 1.99. The summed E-state index contributed by atoms with van der Waals surface area (Å²) in [7, 11) is 2.61. The van der Waals surface area contributed by atoms with Gasteiger partial charge in [-0.25, -0.2) is 14.4 Å². The normalized spacial score (nSPS) is 10.8. The molecular formula is C26H20O7. The van der Waals surface area contributed by atoms with Crippen molar-refractivity contribution < 1.29 is 33.4 Å². The van der Waals surface area contributed by atoms with Gasteiger partial charge in [0.05, 0.1) is 30.9 Å². The van der Waals surface area contributed by atoms with E-state index in [-0.39, 0.29) is 5.56 Å².